The lowest BCUT2D eigenvalue weighted by Crippen LogP contribution is -2.46. The van der Waals surface area contributed by atoms with E-state index < -0.39 is 0 Å². The van der Waals surface area contributed by atoms with Gasteiger partial charge in [0.2, 0.25) is 5.91 Å². The minimum absolute atomic E-state index is 0.274. The van der Waals surface area contributed by atoms with Gasteiger partial charge in [-0.15, -0.1) is 6.58 Å². The Bertz CT molecular complexity index is 338. The molecule has 16 heavy (non-hydrogen) atoms. The number of hydrogen-bond donors (Lipinski definition) is 0. The molecule has 4 atom stereocenters. The third kappa shape index (κ3) is 1.28. The predicted molar refractivity (Wildman–Crippen MR) is 63.9 cm³/mol. The summed E-state index contributed by atoms with van der Waals surface area (Å²) in [6, 6.07) is 0.330. The molecule has 1 aliphatic carbocycles. The highest BCUT2D eigenvalue weighted by Gasteiger charge is 2.65. The minimum Gasteiger partial charge on any atom is -0.330 e. The zero-order chi connectivity index (χ0) is 11.3. The van der Waals surface area contributed by atoms with Crippen LogP contribution in [0.2, 0.25) is 0 Å². The van der Waals surface area contributed by atoms with Gasteiger partial charge < -0.3 is 4.90 Å². The summed E-state index contributed by atoms with van der Waals surface area (Å²) in [7, 11) is 0. The van der Waals surface area contributed by atoms with Crippen molar-refractivity contribution in [2.45, 2.75) is 57.0 Å². The zero-order valence-electron chi connectivity index (χ0n) is 10.1. The smallest absolute Gasteiger partial charge is 0.223 e. The highest BCUT2D eigenvalue weighted by Crippen LogP contribution is 2.61. The molecule has 2 heteroatoms. The van der Waals surface area contributed by atoms with Gasteiger partial charge in [-0.25, -0.2) is 0 Å². The maximum Gasteiger partial charge on any atom is 0.223 e. The van der Waals surface area contributed by atoms with Crippen LogP contribution < -0.4 is 0 Å². The second-order valence-corrected chi connectivity index (χ2v) is 6.01. The summed E-state index contributed by atoms with van der Waals surface area (Å²) < 4.78 is 0. The third-order valence-corrected chi connectivity index (χ3v) is 4.91. The van der Waals surface area contributed by atoms with Crippen LogP contribution in [0, 0.1) is 11.8 Å². The Labute approximate surface area is 97.7 Å². The van der Waals surface area contributed by atoms with Gasteiger partial charge in [-0.2, -0.15) is 0 Å². The quantitative estimate of drug-likeness (QED) is 0.621. The molecule has 1 spiro atoms. The number of amides is 1. The monoisotopic (exact) mass is 219 g/mol. The van der Waals surface area contributed by atoms with Crippen molar-refractivity contribution in [3.63, 3.8) is 0 Å². The average Bonchev–Trinajstić information content (AvgIpc) is 2.82. The predicted octanol–water partition coefficient (Wildman–Crippen LogP) is 2.74. The standard InChI is InChI=1S/C14H21NO/c1-3-12-8-11-9-14(11)6-4-5-10(2)7-13(16)15(12)14/h3,10-12H,1,4-9H2,2H3/t10?,11?,12-,14-/m1/s1. The molecule has 1 amide bonds. The minimum atomic E-state index is 0.274. The van der Waals surface area contributed by atoms with Gasteiger partial charge in [0.15, 0.2) is 0 Å². The molecule has 0 aromatic rings. The van der Waals surface area contributed by atoms with Gasteiger partial charge in [0.05, 0.1) is 6.04 Å². The Balaban J connectivity index is 1.89. The molecule has 0 N–H and O–H groups in total. The Hall–Kier alpha value is -0.790. The van der Waals surface area contributed by atoms with Crippen molar-refractivity contribution in [1.29, 1.82) is 0 Å². The van der Waals surface area contributed by atoms with E-state index >= 15 is 0 Å². The Kier molecular flexibility index (Phi) is 2.17. The molecule has 0 bridgehead atoms. The first-order valence-corrected chi connectivity index (χ1v) is 6.62. The van der Waals surface area contributed by atoms with E-state index in [4.69, 9.17) is 0 Å². The number of piperidine rings is 1. The van der Waals surface area contributed by atoms with Gasteiger partial charge in [0.25, 0.3) is 0 Å². The molecule has 3 rings (SSSR count). The lowest BCUT2D eigenvalue weighted by atomic mass is 9.93. The number of nitrogens with zero attached hydrogens (tertiary/aromatic N) is 1. The molecular formula is C14H21NO. The summed E-state index contributed by atoms with van der Waals surface area (Å²) >= 11 is 0. The van der Waals surface area contributed by atoms with E-state index in [1.165, 1.54) is 32.1 Å². The molecule has 3 fully saturated rings. The zero-order valence-corrected chi connectivity index (χ0v) is 10.1. The van der Waals surface area contributed by atoms with Crippen LogP contribution in [0.25, 0.3) is 0 Å². The number of carbonyl (C=O) groups is 1. The summed E-state index contributed by atoms with van der Waals surface area (Å²) in [5.74, 6) is 1.73. The molecule has 2 heterocycles. The summed E-state index contributed by atoms with van der Waals surface area (Å²) in [6.07, 6.45) is 8.92. The van der Waals surface area contributed by atoms with E-state index in [0.29, 0.717) is 17.9 Å². The Morgan fingerprint density at radius 1 is 1.56 bits per heavy atom. The van der Waals surface area contributed by atoms with E-state index in [1.807, 2.05) is 6.08 Å². The van der Waals surface area contributed by atoms with E-state index in [2.05, 4.69) is 18.4 Å². The van der Waals surface area contributed by atoms with Gasteiger partial charge in [-0.3, -0.25) is 4.79 Å². The van der Waals surface area contributed by atoms with Crippen molar-refractivity contribution in [2.75, 3.05) is 0 Å². The second kappa shape index (κ2) is 3.35. The first kappa shape index (κ1) is 10.4. The number of carbonyl (C=O) groups excluding carboxylic acids is 1. The van der Waals surface area contributed by atoms with Gasteiger partial charge in [-0.05, 0) is 31.1 Å². The van der Waals surface area contributed by atoms with E-state index in [-0.39, 0.29) is 5.54 Å². The molecule has 2 aliphatic heterocycles. The lowest BCUT2D eigenvalue weighted by molar-refractivity contribution is -0.136. The molecule has 0 aromatic carbocycles. The SMILES string of the molecule is C=C[C@@H]1CC2C[C@]23CCCC(C)CC(=O)N13. The lowest BCUT2D eigenvalue weighted by Gasteiger charge is -2.36. The summed E-state index contributed by atoms with van der Waals surface area (Å²) in [5, 5.41) is 0. The summed E-state index contributed by atoms with van der Waals surface area (Å²) in [5.41, 5.74) is 0.274. The first-order valence-electron chi connectivity index (χ1n) is 6.62. The normalized spacial score (nSPS) is 46.7. The maximum absolute atomic E-state index is 12.3. The van der Waals surface area contributed by atoms with Crippen molar-refractivity contribution in [3.05, 3.63) is 12.7 Å². The Morgan fingerprint density at radius 2 is 2.38 bits per heavy atom. The largest absolute Gasteiger partial charge is 0.330 e. The summed E-state index contributed by atoms with van der Waals surface area (Å²) in [6.45, 7) is 6.11. The molecule has 0 aromatic heterocycles. The second-order valence-electron chi connectivity index (χ2n) is 6.01. The number of rotatable bonds is 1. The fraction of sp³-hybridized carbons (Fsp3) is 0.786. The highest BCUT2D eigenvalue weighted by atomic mass is 16.2. The van der Waals surface area contributed by atoms with Crippen molar-refractivity contribution in [1.82, 2.24) is 4.90 Å². The van der Waals surface area contributed by atoms with Crippen molar-refractivity contribution < 1.29 is 4.79 Å². The van der Waals surface area contributed by atoms with Crippen LogP contribution in [0.4, 0.5) is 0 Å². The fourth-order valence-corrected chi connectivity index (χ4v) is 4.01. The van der Waals surface area contributed by atoms with E-state index in [0.717, 1.165) is 12.3 Å². The number of hydrogen-bond acceptors (Lipinski definition) is 1. The molecule has 3 aliphatic rings. The van der Waals surface area contributed by atoms with Crippen LogP contribution in [0.5, 0.6) is 0 Å². The molecular weight excluding hydrogens is 198 g/mol. The molecule has 88 valence electrons. The van der Waals surface area contributed by atoms with Crippen molar-refractivity contribution in [3.8, 4) is 0 Å². The Morgan fingerprint density at radius 3 is 3.12 bits per heavy atom. The topological polar surface area (TPSA) is 20.3 Å². The molecule has 2 unspecified atom stereocenters. The van der Waals surface area contributed by atoms with Gasteiger partial charge in [0, 0.05) is 12.0 Å². The van der Waals surface area contributed by atoms with E-state index in [9.17, 15) is 4.79 Å². The average molecular weight is 219 g/mol. The van der Waals surface area contributed by atoms with Crippen LogP contribution in [0.3, 0.4) is 0 Å². The molecule has 0 radical (unpaired) electrons. The molecule has 1 saturated carbocycles. The van der Waals surface area contributed by atoms with Gasteiger partial charge in [0.1, 0.15) is 0 Å². The van der Waals surface area contributed by atoms with Crippen molar-refractivity contribution >= 4 is 5.91 Å². The van der Waals surface area contributed by atoms with Crippen LogP contribution in [0.15, 0.2) is 12.7 Å². The first-order chi connectivity index (χ1) is 7.67. The summed E-state index contributed by atoms with van der Waals surface area (Å²) in [4.78, 5) is 14.5. The van der Waals surface area contributed by atoms with Crippen LogP contribution in [-0.4, -0.2) is 22.4 Å². The van der Waals surface area contributed by atoms with Gasteiger partial charge in [-0.1, -0.05) is 25.8 Å². The third-order valence-electron chi connectivity index (χ3n) is 4.91. The van der Waals surface area contributed by atoms with E-state index in [1.54, 1.807) is 0 Å². The van der Waals surface area contributed by atoms with Crippen molar-refractivity contribution in [2.24, 2.45) is 11.8 Å². The fourth-order valence-electron chi connectivity index (χ4n) is 4.01. The van der Waals surface area contributed by atoms with Crippen LogP contribution in [-0.2, 0) is 4.79 Å². The van der Waals surface area contributed by atoms with Gasteiger partial charge >= 0.3 is 0 Å². The molecule has 2 saturated heterocycles. The van der Waals surface area contributed by atoms with Crippen LogP contribution in [0.1, 0.15) is 45.4 Å². The van der Waals surface area contributed by atoms with Crippen LogP contribution >= 0.6 is 0 Å². The molecule has 2 nitrogen and oxygen atoms in total. The highest BCUT2D eigenvalue weighted by molar-refractivity contribution is 5.79. The maximum atomic E-state index is 12.3.